The number of aryl methyl sites for hydroxylation is 1. The van der Waals surface area contributed by atoms with Gasteiger partial charge in [-0.1, -0.05) is 12.1 Å². The van der Waals surface area contributed by atoms with Crippen molar-refractivity contribution in [2.24, 2.45) is 5.10 Å². The summed E-state index contributed by atoms with van der Waals surface area (Å²) in [7, 11) is 3.90. The quantitative estimate of drug-likeness (QED) is 0.664. The van der Waals surface area contributed by atoms with E-state index < -0.39 is 0 Å². The van der Waals surface area contributed by atoms with E-state index in [1.165, 1.54) is 18.5 Å². The summed E-state index contributed by atoms with van der Waals surface area (Å²) in [6.07, 6.45) is 4.24. The van der Waals surface area contributed by atoms with Crippen LogP contribution in [0, 0.1) is 6.92 Å². The molecule has 1 aliphatic rings. The third kappa shape index (κ3) is 4.23. The predicted molar refractivity (Wildman–Crippen MR) is 108 cm³/mol. The standard InChI is InChI=1S/C21H26N4O/c1-16-13-20(25-11-4-5-12-25)10-9-18(16)15-22-23-21(26)17-7-6-8-19(14-17)24(2)3/h6-10,13-15H,4-5,11-12H2,1-3H3,(H,23,26)/b22-15+. The Labute approximate surface area is 155 Å². The number of nitrogens with zero attached hydrogens (tertiary/aromatic N) is 3. The smallest absolute Gasteiger partial charge is 0.271 e. The van der Waals surface area contributed by atoms with Gasteiger partial charge >= 0.3 is 0 Å². The molecule has 1 amide bonds. The van der Waals surface area contributed by atoms with Crippen LogP contribution in [0.4, 0.5) is 11.4 Å². The summed E-state index contributed by atoms with van der Waals surface area (Å²) in [5, 5.41) is 4.13. The average molecular weight is 350 g/mol. The van der Waals surface area contributed by atoms with E-state index in [-0.39, 0.29) is 5.91 Å². The molecule has 1 fully saturated rings. The van der Waals surface area contributed by atoms with E-state index in [0.29, 0.717) is 5.56 Å². The fourth-order valence-electron chi connectivity index (χ4n) is 3.13. The molecule has 2 aromatic rings. The Morgan fingerprint density at radius 2 is 1.92 bits per heavy atom. The van der Waals surface area contributed by atoms with Gasteiger partial charge in [0, 0.05) is 44.1 Å². The normalized spacial score (nSPS) is 14.0. The van der Waals surface area contributed by atoms with Crippen LogP contribution >= 0.6 is 0 Å². The highest BCUT2D eigenvalue weighted by molar-refractivity contribution is 5.95. The van der Waals surface area contributed by atoms with Crippen molar-refractivity contribution in [1.29, 1.82) is 0 Å². The van der Waals surface area contributed by atoms with Crippen LogP contribution in [0.1, 0.15) is 34.3 Å². The Morgan fingerprint density at radius 1 is 1.15 bits per heavy atom. The molecule has 0 radical (unpaired) electrons. The maximum atomic E-state index is 12.3. The number of benzene rings is 2. The Kier molecular flexibility index (Phi) is 5.56. The SMILES string of the molecule is Cc1cc(N2CCCC2)ccc1/C=N/NC(=O)c1cccc(N(C)C)c1. The lowest BCUT2D eigenvalue weighted by Gasteiger charge is -2.18. The van der Waals surface area contributed by atoms with Gasteiger partial charge in [0.2, 0.25) is 0 Å². The first-order valence-electron chi connectivity index (χ1n) is 9.01. The summed E-state index contributed by atoms with van der Waals surface area (Å²) in [6, 6.07) is 13.8. The van der Waals surface area contributed by atoms with Crippen molar-refractivity contribution < 1.29 is 4.79 Å². The minimum absolute atomic E-state index is 0.212. The Bertz CT molecular complexity index is 807. The zero-order valence-electron chi connectivity index (χ0n) is 15.7. The molecule has 0 unspecified atom stereocenters. The lowest BCUT2D eigenvalue weighted by Crippen LogP contribution is -2.19. The summed E-state index contributed by atoms with van der Waals surface area (Å²) in [4.78, 5) is 16.6. The summed E-state index contributed by atoms with van der Waals surface area (Å²) in [5.41, 5.74) is 7.62. The summed E-state index contributed by atoms with van der Waals surface area (Å²) in [5.74, 6) is -0.212. The third-order valence-electron chi connectivity index (χ3n) is 4.72. The first-order valence-corrected chi connectivity index (χ1v) is 9.01. The van der Waals surface area contributed by atoms with Crippen molar-refractivity contribution in [2.75, 3.05) is 37.0 Å². The van der Waals surface area contributed by atoms with E-state index in [9.17, 15) is 4.79 Å². The van der Waals surface area contributed by atoms with Gasteiger partial charge in [-0.25, -0.2) is 5.43 Å². The van der Waals surface area contributed by atoms with Crippen molar-refractivity contribution in [2.45, 2.75) is 19.8 Å². The topological polar surface area (TPSA) is 47.9 Å². The summed E-state index contributed by atoms with van der Waals surface area (Å²) in [6.45, 7) is 4.34. The van der Waals surface area contributed by atoms with Crippen LogP contribution in [0.15, 0.2) is 47.6 Å². The van der Waals surface area contributed by atoms with Gasteiger partial charge in [0.05, 0.1) is 6.21 Å². The zero-order valence-corrected chi connectivity index (χ0v) is 15.7. The van der Waals surface area contributed by atoms with E-state index in [0.717, 1.165) is 29.9 Å². The molecule has 3 rings (SSSR count). The molecule has 5 heteroatoms. The van der Waals surface area contributed by atoms with Gasteiger partial charge in [-0.05, 0) is 61.2 Å². The van der Waals surface area contributed by atoms with Gasteiger partial charge in [-0.3, -0.25) is 4.79 Å². The molecular weight excluding hydrogens is 324 g/mol. The maximum Gasteiger partial charge on any atom is 0.271 e. The fraction of sp³-hybridized carbons (Fsp3) is 0.333. The molecule has 1 heterocycles. The Morgan fingerprint density at radius 3 is 2.62 bits per heavy atom. The number of hydrogen-bond acceptors (Lipinski definition) is 4. The number of carbonyl (C=O) groups is 1. The van der Waals surface area contributed by atoms with Crippen LogP contribution in [-0.2, 0) is 0 Å². The molecule has 2 aromatic carbocycles. The number of anilines is 2. The third-order valence-corrected chi connectivity index (χ3v) is 4.72. The van der Waals surface area contributed by atoms with Crippen LogP contribution < -0.4 is 15.2 Å². The van der Waals surface area contributed by atoms with Crippen LogP contribution in [0.3, 0.4) is 0 Å². The summed E-state index contributed by atoms with van der Waals surface area (Å²) < 4.78 is 0. The van der Waals surface area contributed by atoms with E-state index in [4.69, 9.17) is 0 Å². The van der Waals surface area contributed by atoms with E-state index in [1.54, 1.807) is 12.3 Å². The molecule has 0 bridgehead atoms. The summed E-state index contributed by atoms with van der Waals surface area (Å²) >= 11 is 0. The zero-order chi connectivity index (χ0) is 18.5. The monoisotopic (exact) mass is 350 g/mol. The number of hydrogen-bond donors (Lipinski definition) is 1. The van der Waals surface area contributed by atoms with Crippen LogP contribution in [0.5, 0.6) is 0 Å². The van der Waals surface area contributed by atoms with Crippen molar-refractivity contribution >= 4 is 23.5 Å². The van der Waals surface area contributed by atoms with Crippen LogP contribution in [0.2, 0.25) is 0 Å². The highest BCUT2D eigenvalue weighted by Crippen LogP contribution is 2.22. The predicted octanol–water partition coefficient (Wildman–Crippen LogP) is 3.43. The lowest BCUT2D eigenvalue weighted by molar-refractivity contribution is 0.0955. The highest BCUT2D eigenvalue weighted by atomic mass is 16.2. The second-order valence-electron chi connectivity index (χ2n) is 6.88. The molecular formula is C21H26N4O. The Balaban J connectivity index is 1.64. The van der Waals surface area contributed by atoms with E-state index in [2.05, 4.69) is 40.5 Å². The number of hydrazone groups is 1. The lowest BCUT2D eigenvalue weighted by atomic mass is 10.1. The van der Waals surface area contributed by atoms with Crippen LogP contribution in [0.25, 0.3) is 0 Å². The molecule has 0 spiro atoms. The van der Waals surface area contributed by atoms with Gasteiger partial charge < -0.3 is 9.80 Å². The molecule has 0 aliphatic carbocycles. The van der Waals surface area contributed by atoms with Gasteiger partial charge in [0.25, 0.3) is 5.91 Å². The fourth-order valence-corrected chi connectivity index (χ4v) is 3.13. The van der Waals surface area contributed by atoms with E-state index in [1.807, 2.05) is 37.2 Å². The number of carbonyl (C=O) groups excluding carboxylic acids is 1. The molecule has 0 aromatic heterocycles. The van der Waals surface area contributed by atoms with E-state index >= 15 is 0 Å². The molecule has 1 saturated heterocycles. The van der Waals surface area contributed by atoms with Gasteiger partial charge in [-0.15, -0.1) is 0 Å². The minimum atomic E-state index is -0.212. The number of nitrogens with one attached hydrogen (secondary N) is 1. The average Bonchev–Trinajstić information content (AvgIpc) is 3.17. The molecule has 136 valence electrons. The molecule has 1 N–H and O–H groups in total. The second-order valence-corrected chi connectivity index (χ2v) is 6.88. The van der Waals surface area contributed by atoms with Gasteiger partial charge in [0.15, 0.2) is 0 Å². The van der Waals surface area contributed by atoms with Gasteiger partial charge in [0.1, 0.15) is 0 Å². The molecule has 5 nitrogen and oxygen atoms in total. The number of amides is 1. The van der Waals surface area contributed by atoms with Crippen molar-refractivity contribution in [3.8, 4) is 0 Å². The molecule has 1 aliphatic heterocycles. The van der Waals surface area contributed by atoms with Crippen molar-refractivity contribution in [1.82, 2.24) is 5.43 Å². The van der Waals surface area contributed by atoms with Gasteiger partial charge in [-0.2, -0.15) is 5.10 Å². The maximum absolute atomic E-state index is 12.3. The first-order chi connectivity index (χ1) is 12.5. The van der Waals surface area contributed by atoms with Crippen molar-refractivity contribution in [3.63, 3.8) is 0 Å². The second kappa shape index (κ2) is 8.04. The van der Waals surface area contributed by atoms with Crippen molar-refractivity contribution in [3.05, 3.63) is 59.2 Å². The number of rotatable bonds is 5. The molecule has 0 atom stereocenters. The highest BCUT2D eigenvalue weighted by Gasteiger charge is 2.12. The molecule has 26 heavy (non-hydrogen) atoms. The largest absolute Gasteiger partial charge is 0.378 e. The molecule has 0 saturated carbocycles. The van der Waals surface area contributed by atoms with Crippen LogP contribution in [-0.4, -0.2) is 39.3 Å². The minimum Gasteiger partial charge on any atom is -0.378 e. The first kappa shape index (κ1) is 18.0. The Hall–Kier alpha value is -2.82.